The van der Waals surface area contributed by atoms with Crippen molar-refractivity contribution in [2.45, 2.75) is 11.8 Å². The molecule has 6 heteroatoms. The van der Waals surface area contributed by atoms with Crippen LogP contribution in [0.3, 0.4) is 0 Å². The molecule has 1 rings (SSSR count). The highest BCUT2D eigenvalue weighted by Gasteiger charge is 2.07. The zero-order valence-corrected chi connectivity index (χ0v) is 11.3. The largest absolute Gasteiger partial charge is 0.478 e. The van der Waals surface area contributed by atoms with Gasteiger partial charge in [-0.25, -0.2) is 13.2 Å². The zero-order chi connectivity index (χ0) is 13.1. The maximum Gasteiger partial charge on any atom is 0.335 e. The monoisotopic (exact) mass is 274 g/mol. The van der Waals surface area contributed by atoms with Crippen LogP contribution in [0.2, 0.25) is 0 Å². The molecule has 1 aromatic rings. The highest BCUT2D eigenvalue weighted by molar-refractivity contribution is 8.00. The van der Waals surface area contributed by atoms with Gasteiger partial charge in [0.15, 0.2) is 0 Å². The lowest BCUT2D eigenvalue weighted by Gasteiger charge is -2.06. The van der Waals surface area contributed by atoms with E-state index in [1.165, 1.54) is 24.1 Å². The quantitative estimate of drug-likeness (QED) is 0.829. The second kappa shape index (κ2) is 5.55. The van der Waals surface area contributed by atoms with Crippen LogP contribution in [0.25, 0.3) is 0 Å². The van der Waals surface area contributed by atoms with Gasteiger partial charge in [-0.2, -0.15) is 0 Å². The predicted molar refractivity (Wildman–Crippen MR) is 68.6 cm³/mol. The molecule has 0 heterocycles. The molecule has 1 aromatic carbocycles. The number of rotatable bonds is 5. The first-order chi connectivity index (χ1) is 7.79. The van der Waals surface area contributed by atoms with E-state index < -0.39 is 15.8 Å². The Labute approximate surface area is 105 Å². The topological polar surface area (TPSA) is 71.4 Å². The van der Waals surface area contributed by atoms with Crippen molar-refractivity contribution in [1.29, 1.82) is 0 Å². The Morgan fingerprint density at radius 1 is 1.41 bits per heavy atom. The van der Waals surface area contributed by atoms with E-state index in [0.717, 1.165) is 10.5 Å². The number of aryl methyl sites for hydroxylation is 1. The van der Waals surface area contributed by atoms with Gasteiger partial charge < -0.3 is 5.11 Å². The van der Waals surface area contributed by atoms with Crippen LogP contribution in [-0.4, -0.2) is 37.3 Å². The summed E-state index contributed by atoms with van der Waals surface area (Å²) in [7, 11) is -2.94. The van der Waals surface area contributed by atoms with E-state index in [4.69, 9.17) is 5.11 Å². The van der Waals surface area contributed by atoms with E-state index in [2.05, 4.69) is 0 Å². The third-order valence-electron chi connectivity index (χ3n) is 2.13. The van der Waals surface area contributed by atoms with Crippen LogP contribution in [-0.2, 0) is 9.84 Å². The highest BCUT2D eigenvalue weighted by atomic mass is 32.2. The van der Waals surface area contributed by atoms with Crippen LogP contribution < -0.4 is 0 Å². The second-order valence-corrected chi connectivity index (χ2v) is 7.16. The van der Waals surface area contributed by atoms with Crippen molar-refractivity contribution >= 4 is 27.6 Å². The average molecular weight is 274 g/mol. The highest BCUT2D eigenvalue weighted by Crippen LogP contribution is 2.23. The van der Waals surface area contributed by atoms with Crippen LogP contribution in [0.4, 0.5) is 0 Å². The number of benzene rings is 1. The fourth-order valence-electron chi connectivity index (χ4n) is 1.25. The van der Waals surface area contributed by atoms with Gasteiger partial charge >= 0.3 is 5.97 Å². The summed E-state index contributed by atoms with van der Waals surface area (Å²) >= 11 is 1.42. The van der Waals surface area contributed by atoms with Crippen molar-refractivity contribution < 1.29 is 18.3 Å². The fourth-order valence-corrected chi connectivity index (χ4v) is 3.46. The van der Waals surface area contributed by atoms with Crippen molar-refractivity contribution in [1.82, 2.24) is 0 Å². The third-order valence-corrected chi connectivity index (χ3v) is 4.52. The number of carbonyl (C=O) groups is 1. The first-order valence-electron chi connectivity index (χ1n) is 4.94. The molecular formula is C11H14O4S2. The van der Waals surface area contributed by atoms with Crippen molar-refractivity contribution in [3.8, 4) is 0 Å². The van der Waals surface area contributed by atoms with Crippen LogP contribution in [0, 0.1) is 6.92 Å². The molecular weight excluding hydrogens is 260 g/mol. The molecule has 0 aliphatic carbocycles. The smallest absolute Gasteiger partial charge is 0.335 e. The van der Waals surface area contributed by atoms with Gasteiger partial charge in [0.2, 0.25) is 0 Å². The van der Waals surface area contributed by atoms with Crippen LogP contribution >= 0.6 is 11.8 Å². The molecule has 0 amide bonds. The molecule has 0 saturated carbocycles. The molecule has 17 heavy (non-hydrogen) atoms. The minimum atomic E-state index is -2.94. The van der Waals surface area contributed by atoms with Gasteiger partial charge in [0.05, 0.1) is 11.3 Å². The predicted octanol–water partition coefficient (Wildman–Crippen LogP) is 1.83. The lowest BCUT2D eigenvalue weighted by atomic mass is 10.1. The molecule has 4 nitrogen and oxygen atoms in total. The fraction of sp³-hybridized carbons (Fsp3) is 0.364. The summed E-state index contributed by atoms with van der Waals surface area (Å²) in [6, 6.07) is 4.83. The molecule has 0 bridgehead atoms. The summed E-state index contributed by atoms with van der Waals surface area (Å²) < 4.78 is 21.9. The molecule has 0 spiro atoms. The summed E-state index contributed by atoms with van der Waals surface area (Å²) in [5.41, 5.74) is 1.10. The normalized spacial score (nSPS) is 11.4. The lowest BCUT2D eigenvalue weighted by Crippen LogP contribution is -2.05. The molecule has 1 N–H and O–H groups in total. The van der Waals surface area contributed by atoms with E-state index >= 15 is 0 Å². The maximum atomic E-state index is 11.0. The van der Waals surface area contributed by atoms with Gasteiger partial charge in [0, 0.05) is 16.9 Å². The molecule has 0 radical (unpaired) electrons. The Morgan fingerprint density at radius 3 is 2.53 bits per heavy atom. The zero-order valence-electron chi connectivity index (χ0n) is 9.63. The van der Waals surface area contributed by atoms with Gasteiger partial charge in [-0.05, 0) is 30.7 Å². The Balaban J connectivity index is 2.70. The van der Waals surface area contributed by atoms with E-state index in [0.29, 0.717) is 5.75 Å². The second-order valence-electron chi connectivity index (χ2n) is 3.76. The van der Waals surface area contributed by atoms with E-state index in [9.17, 15) is 13.2 Å². The number of hydrogen-bond acceptors (Lipinski definition) is 4. The van der Waals surface area contributed by atoms with Gasteiger partial charge in [-0.15, -0.1) is 11.8 Å². The molecule has 0 fully saturated rings. The van der Waals surface area contributed by atoms with Crippen molar-refractivity contribution in [3.63, 3.8) is 0 Å². The van der Waals surface area contributed by atoms with Gasteiger partial charge in [0.25, 0.3) is 0 Å². The van der Waals surface area contributed by atoms with Gasteiger partial charge in [-0.1, -0.05) is 0 Å². The number of aromatic carboxylic acids is 1. The minimum absolute atomic E-state index is 0.123. The average Bonchev–Trinajstić information content (AvgIpc) is 2.18. The van der Waals surface area contributed by atoms with E-state index in [1.807, 2.05) is 6.92 Å². The summed E-state index contributed by atoms with van der Waals surface area (Å²) in [6.07, 6.45) is 1.20. The Kier molecular flexibility index (Phi) is 4.59. The molecule has 0 unspecified atom stereocenters. The lowest BCUT2D eigenvalue weighted by molar-refractivity contribution is 0.0696. The molecule has 94 valence electrons. The molecule has 0 saturated heterocycles. The molecule has 0 aliphatic heterocycles. The summed E-state index contributed by atoms with van der Waals surface area (Å²) in [5.74, 6) is -0.357. The summed E-state index contributed by atoms with van der Waals surface area (Å²) in [5, 5.41) is 8.80. The van der Waals surface area contributed by atoms with Crippen molar-refractivity contribution in [2.75, 3.05) is 17.8 Å². The SMILES string of the molecule is Cc1cc(C(=O)O)ccc1SCCS(C)(=O)=O. The number of hydrogen-bond donors (Lipinski definition) is 1. The number of sulfone groups is 1. The number of carboxylic acids is 1. The first kappa shape index (κ1) is 14.1. The molecule has 0 atom stereocenters. The first-order valence-corrected chi connectivity index (χ1v) is 7.98. The Bertz CT molecular complexity index is 520. The maximum absolute atomic E-state index is 11.0. The van der Waals surface area contributed by atoms with Gasteiger partial charge in [-0.3, -0.25) is 0 Å². The van der Waals surface area contributed by atoms with Gasteiger partial charge in [0.1, 0.15) is 9.84 Å². The van der Waals surface area contributed by atoms with E-state index in [1.54, 1.807) is 12.1 Å². The number of carboxylic acid groups (broad SMARTS) is 1. The van der Waals surface area contributed by atoms with Crippen LogP contribution in [0.15, 0.2) is 23.1 Å². The Morgan fingerprint density at radius 2 is 2.06 bits per heavy atom. The summed E-state index contributed by atoms with van der Waals surface area (Å²) in [6.45, 7) is 1.81. The van der Waals surface area contributed by atoms with Crippen LogP contribution in [0.5, 0.6) is 0 Å². The molecule has 0 aromatic heterocycles. The Hall–Kier alpha value is -1.01. The van der Waals surface area contributed by atoms with E-state index in [-0.39, 0.29) is 11.3 Å². The third kappa shape index (κ3) is 4.79. The molecule has 0 aliphatic rings. The van der Waals surface area contributed by atoms with Crippen molar-refractivity contribution in [3.05, 3.63) is 29.3 Å². The summed E-state index contributed by atoms with van der Waals surface area (Å²) in [4.78, 5) is 11.6. The minimum Gasteiger partial charge on any atom is -0.478 e. The standard InChI is InChI=1S/C11H14O4S2/c1-8-7-9(11(12)13)3-4-10(8)16-5-6-17(2,14)15/h3-4,7H,5-6H2,1-2H3,(H,12,13). The number of thioether (sulfide) groups is 1. The van der Waals surface area contributed by atoms with Crippen molar-refractivity contribution in [2.24, 2.45) is 0 Å². The van der Waals surface area contributed by atoms with Crippen LogP contribution in [0.1, 0.15) is 15.9 Å².